The van der Waals surface area contributed by atoms with E-state index in [-0.39, 0.29) is 5.92 Å². The van der Waals surface area contributed by atoms with E-state index in [4.69, 9.17) is 5.41 Å². The average Bonchev–Trinajstić information content (AvgIpc) is 2.47. The van der Waals surface area contributed by atoms with Gasteiger partial charge in [0.25, 0.3) is 0 Å². The first kappa shape index (κ1) is 20.5. The molecule has 0 aliphatic heterocycles. The molecule has 0 saturated carbocycles. The Hall–Kier alpha value is -1.49. The van der Waals surface area contributed by atoms with E-state index >= 15 is 0 Å². The summed E-state index contributed by atoms with van der Waals surface area (Å²) in [5.74, 6) is 7.32. The van der Waals surface area contributed by atoms with Gasteiger partial charge in [0.15, 0.2) is 0 Å². The van der Waals surface area contributed by atoms with E-state index in [0.29, 0.717) is 11.6 Å². The maximum Gasteiger partial charge on any atom is 0.0332 e. The molecule has 124 valence electrons. The largest absolute Gasteiger partial charge is 0.388 e. The molecule has 0 aliphatic rings. The molecule has 2 nitrogen and oxygen atoms in total. The summed E-state index contributed by atoms with van der Waals surface area (Å²) in [5.41, 5.74) is 3.11. The Morgan fingerprint density at radius 1 is 1.18 bits per heavy atom. The van der Waals surface area contributed by atoms with Crippen molar-refractivity contribution in [2.24, 2.45) is 11.8 Å². The summed E-state index contributed by atoms with van der Waals surface area (Å²) in [7, 11) is 1.96. The second-order valence-electron chi connectivity index (χ2n) is 6.18. The molecule has 0 saturated heterocycles. The standard InChI is InChI=1S/C20H34N2/c1-7-13-20(22-6)19(17(4)18(5)21)15-12-10-8-9-11-14-16(2)3/h13,15-17,21-22H,7-8,10,12,14H2,1-6H3/b19-15-,20-13+,21-18?. The fourth-order valence-corrected chi connectivity index (χ4v) is 2.13. The van der Waals surface area contributed by atoms with Gasteiger partial charge < -0.3 is 10.7 Å². The van der Waals surface area contributed by atoms with Gasteiger partial charge in [0.2, 0.25) is 0 Å². The second kappa shape index (κ2) is 12.1. The van der Waals surface area contributed by atoms with E-state index in [0.717, 1.165) is 37.8 Å². The minimum absolute atomic E-state index is 0.164. The van der Waals surface area contributed by atoms with Crippen molar-refractivity contribution < 1.29 is 0 Å². The van der Waals surface area contributed by atoms with Gasteiger partial charge in [0, 0.05) is 37.2 Å². The Bertz CT molecular complexity index is 444. The lowest BCUT2D eigenvalue weighted by Crippen LogP contribution is -2.18. The van der Waals surface area contributed by atoms with Crippen molar-refractivity contribution >= 4 is 5.71 Å². The first-order valence-electron chi connectivity index (χ1n) is 8.53. The topological polar surface area (TPSA) is 35.9 Å². The SMILES string of the molecule is CC/C=C(NC)\C(=C/CCCC#CCC(C)C)C(C)C(C)=N. The molecule has 0 aromatic rings. The number of nitrogens with one attached hydrogen (secondary N) is 2. The Kier molecular flexibility index (Phi) is 11.3. The normalized spacial score (nSPS) is 13.6. The van der Waals surface area contributed by atoms with Crippen LogP contribution in [0.1, 0.15) is 66.7 Å². The highest BCUT2D eigenvalue weighted by Crippen LogP contribution is 2.21. The maximum atomic E-state index is 7.92. The van der Waals surface area contributed by atoms with Gasteiger partial charge in [-0.05, 0) is 37.7 Å². The third-order valence-electron chi connectivity index (χ3n) is 3.61. The summed E-state index contributed by atoms with van der Waals surface area (Å²) >= 11 is 0. The van der Waals surface area contributed by atoms with Crippen LogP contribution in [0, 0.1) is 29.1 Å². The molecule has 2 N–H and O–H groups in total. The van der Waals surface area contributed by atoms with E-state index in [2.05, 4.69) is 57.0 Å². The van der Waals surface area contributed by atoms with Crippen LogP contribution in [-0.4, -0.2) is 12.8 Å². The lowest BCUT2D eigenvalue weighted by Gasteiger charge is -2.18. The van der Waals surface area contributed by atoms with Crippen molar-refractivity contribution in [3.05, 3.63) is 23.4 Å². The third kappa shape index (κ3) is 8.72. The Morgan fingerprint density at radius 2 is 1.86 bits per heavy atom. The fourth-order valence-electron chi connectivity index (χ4n) is 2.13. The molecule has 0 amide bonds. The van der Waals surface area contributed by atoms with Crippen molar-refractivity contribution in [3.8, 4) is 11.8 Å². The zero-order valence-corrected chi connectivity index (χ0v) is 15.3. The number of hydrogen-bond donors (Lipinski definition) is 2. The molecular formula is C20H34N2. The van der Waals surface area contributed by atoms with Crippen LogP contribution in [0.5, 0.6) is 0 Å². The minimum Gasteiger partial charge on any atom is -0.388 e. The van der Waals surface area contributed by atoms with E-state index in [1.54, 1.807) is 0 Å². The van der Waals surface area contributed by atoms with Crippen LogP contribution >= 0.6 is 0 Å². The summed E-state index contributed by atoms with van der Waals surface area (Å²) in [6.45, 7) is 10.5. The predicted octanol–water partition coefficient (Wildman–Crippen LogP) is 5.32. The zero-order chi connectivity index (χ0) is 17.0. The number of likely N-dealkylation sites (N-methyl/N-ethyl adjacent to an activating group) is 1. The minimum atomic E-state index is 0.164. The molecule has 0 aliphatic carbocycles. The molecule has 0 aromatic carbocycles. The van der Waals surface area contributed by atoms with Gasteiger partial charge >= 0.3 is 0 Å². The van der Waals surface area contributed by atoms with Crippen LogP contribution in [0.3, 0.4) is 0 Å². The molecular weight excluding hydrogens is 268 g/mol. The molecule has 1 atom stereocenters. The van der Waals surface area contributed by atoms with E-state index in [9.17, 15) is 0 Å². The predicted molar refractivity (Wildman–Crippen MR) is 99.2 cm³/mol. The molecule has 2 heteroatoms. The van der Waals surface area contributed by atoms with Crippen LogP contribution in [-0.2, 0) is 0 Å². The molecule has 0 rings (SSSR count). The molecule has 0 radical (unpaired) electrons. The van der Waals surface area contributed by atoms with Gasteiger partial charge in [-0.1, -0.05) is 39.8 Å². The van der Waals surface area contributed by atoms with Crippen LogP contribution < -0.4 is 5.32 Å². The fraction of sp³-hybridized carbons (Fsp3) is 0.650. The zero-order valence-electron chi connectivity index (χ0n) is 15.3. The molecule has 0 aromatic heterocycles. The number of allylic oxidation sites excluding steroid dienone is 3. The van der Waals surface area contributed by atoms with Gasteiger partial charge in [-0.25, -0.2) is 0 Å². The second-order valence-corrected chi connectivity index (χ2v) is 6.18. The van der Waals surface area contributed by atoms with Crippen molar-refractivity contribution in [3.63, 3.8) is 0 Å². The van der Waals surface area contributed by atoms with Gasteiger partial charge in [-0.15, -0.1) is 11.8 Å². The van der Waals surface area contributed by atoms with Crippen LogP contribution in [0.25, 0.3) is 0 Å². The third-order valence-corrected chi connectivity index (χ3v) is 3.61. The van der Waals surface area contributed by atoms with E-state index in [1.807, 2.05) is 14.0 Å². The smallest absolute Gasteiger partial charge is 0.0332 e. The highest BCUT2D eigenvalue weighted by molar-refractivity contribution is 5.84. The van der Waals surface area contributed by atoms with Crippen molar-refractivity contribution in [2.75, 3.05) is 7.05 Å². The highest BCUT2D eigenvalue weighted by atomic mass is 14.8. The Morgan fingerprint density at radius 3 is 2.36 bits per heavy atom. The molecule has 0 spiro atoms. The molecule has 0 fully saturated rings. The van der Waals surface area contributed by atoms with Crippen molar-refractivity contribution in [1.29, 1.82) is 5.41 Å². The van der Waals surface area contributed by atoms with Gasteiger partial charge in [-0.3, -0.25) is 0 Å². The lowest BCUT2D eigenvalue weighted by atomic mass is 9.92. The van der Waals surface area contributed by atoms with Crippen molar-refractivity contribution in [2.45, 2.75) is 66.7 Å². The van der Waals surface area contributed by atoms with Crippen LogP contribution in [0.15, 0.2) is 23.4 Å². The van der Waals surface area contributed by atoms with Gasteiger partial charge in [0.05, 0.1) is 0 Å². The summed E-state index contributed by atoms with van der Waals surface area (Å²) in [6, 6.07) is 0. The lowest BCUT2D eigenvalue weighted by molar-refractivity contribution is 0.675. The Labute approximate surface area is 138 Å². The molecule has 1 unspecified atom stereocenters. The Balaban J connectivity index is 4.71. The highest BCUT2D eigenvalue weighted by Gasteiger charge is 2.13. The monoisotopic (exact) mass is 302 g/mol. The molecule has 0 heterocycles. The summed E-state index contributed by atoms with van der Waals surface area (Å²) in [4.78, 5) is 0. The van der Waals surface area contributed by atoms with E-state index < -0.39 is 0 Å². The number of hydrogen-bond acceptors (Lipinski definition) is 2. The van der Waals surface area contributed by atoms with Crippen molar-refractivity contribution in [1.82, 2.24) is 5.32 Å². The van der Waals surface area contributed by atoms with E-state index in [1.165, 1.54) is 5.57 Å². The maximum absolute atomic E-state index is 7.92. The number of rotatable bonds is 9. The van der Waals surface area contributed by atoms with Crippen LogP contribution in [0.4, 0.5) is 0 Å². The number of unbranched alkanes of at least 4 members (excludes halogenated alkanes) is 2. The summed E-state index contributed by atoms with van der Waals surface area (Å²) < 4.78 is 0. The van der Waals surface area contributed by atoms with Crippen LogP contribution in [0.2, 0.25) is 0 Å². The van der Waals surface area contributed by atoms with Gasteiger partial charge in [0.1, 0.15) is 0 Å². The first-order valence-corrected chi connectivity index (χ1v) is 8.53. The molecule has 22 heavy (non-hydrogen) atoms. The average molecular weight is 303 g/mol. The quantitative estimate of drug-likeness (QED) is 0.257. The summed E-state index contributed by atoms with van der Waals surface area (Å²) in [5, 5.41) is 11.2. The summed E-state index contributed by atoms with van der Waals surface area (Å²) in [6.07, 6.45) is 9.54. The van der Waals surface area contributed by atoms with Gasteiger partial charge in [-0.2, -0.15) is 0 Å². The first-order chi connectivity index (χ1) is 10.4. The molecule has 0 bridgehead atoms.